The van der Waals surface area contributed by atoms with Crippen molar-refractivity contribution in [2.24, 2.45) is 5.92 Å². The van der Waals surface area contributed by atoms with E-state index in [0.717, 1.165) is 19.4 Å². The van der Waals surface area contributed by atoms with Gasteiger partial charge in [0.25, 0.3) is 0 Å². The Balaban J connectivity index is 2.10. The van der Waals surface area contributed by atoms with E-state index in [1.54, 1.807) is 6.92 Å². The van der Waals surface area contributed by atoms with Crippen molar-refractivity contribution in [3.8, 4) is 0 Å². The molecule has 3 N–H and O–H groups in total. The molecule has 0 bridgehead atoms. The molecule has 0 aliphatic carbocycles. The number of piperidine rings is 1. The number of aliphatic carboxylic acids is 1. The van der Waals surface area contributed by atoms with E-state index in [4.69, 9.17) is 5.11 Å². The SMILES string of the molecule is CC(CNC(=O)CCC1CCCCN1)C(=O)O. The molecule has 98 valence electrons. The van der Waals surface area contributed by atoms with E-state index < -0.39 is 11.9 Å². The highest BCUT2D eigenvalue weighted by Gasteiger charge is 2.15. The summed E-state index contributed by atoms with van der Waals surface area (Å²) in [5.41, 5.74) is 0. The van der Waals surface area contributed by atoms with E-state index in [9.17, 15) is 9.59 Å². The average molecular weight is 242 g/mol. The van der Waals surface area contributed by atoms with Gasteiger partial charge in [0.1, 0.15) is 0 Å². The maximum atomic E-state index is 11.5. The van der Waals surface area contributed by atoms with Gasteiger partial charge in [-0.2, -0.15) is 0 Å². The summed E-state index contributed by atoms with van der Waals surface area (Å²) in [6, 6.07) is 0.450. The Morgan fingerprint density at radius 3 is 2.82 bits per heavy atom. The normalized spacial score (nSPS) is 21.8. The van der Waals surface area contributed by atoms with Gasteiger partial charge in [-0.1, -0.05) is 13.3 Å². The lowest BCUT2D eigenvalue weighted by molar-refractivity contribution is -0.141. The molecule has 0 saturated carbocycles. The smallest absolute Gasteiger partial charge is 0.308 e. The molecule has 2 unspecified atom stereocenters. The number of hydrogen-bond acceptors (Lipinski definition) is 3. The van der Waals surface area contributed by atoms with Crippen LogP contribution in [0.2, 0.25) is 0 Å². The summed E-state index contributed by atoms with van der Waals surface area (Å²) >= 11 is 0. The zero-order valence-electron chi connectivity index (χ0n) is 10.4. The third-order valence-electron chi connectivity index (χ3n) is 3.16. The van der Waals surface area contributed by atoms with E-state index in [0.29, 0.717) is 12.5 Å². The Hall–Kier alpha value is -1.10. The summed E-state index contributed by atoms with van der Waals surface area (Å²) in [6.45, 7) is 2.85. The van der Waals surface area contributed by atoms with Crippen molar-refractivity contribution in [1.82, 2.24) is 10.6 Å². The van der Waals surface area contributed by atoms with Crippen molar-refractivity contribution in [3.63, 3.8) is 0 Å². The number of carboxylic acids is 1. The monoisotopic (exact) mass is 242 g/mol. The van der Waals surface area contributed by atoms with Gasteiger partial charge in [0.05, 0.1) is 5.92 Å². The number of hydrogen-bond donors (Lipinski definition) is 3. The molecule has 17 heavy (non-hydrogen) atoms. The molecule has 0 aromatic heterocycles. The van der Waals surface area contributed by atoms with E-state index in [1.165, 1.54) is 12.8 Å². The highest BCUT2D eigenvalue weighted by atomic mass is 16.4. The highest BCUT2D eigenvalue weighted by Crippen LogP contribution is 2.11. The summed E-state index contributed by atoms with van der Waals surface area (Å²) in [7, 11) is 0. The second-order valence-corrected chi connectivity index (χ2v) is 4.73. The van der Waals surface area contributed by atoms with Gasteiger partial charge >= 0.3 is 5.97 Å². The summed E-state index contributed by atoms with van der Waals surface area (Å²) in [4.78, 5) is 22.0. The maximum Gasteiger partial charge on any atom is 0.308 e. The first-order valence-electron chi connectivity index (χ1n) is 6.32. The van der Waals surface area contributed by atoms with Crippen LogP contribution in [0.15, 0.2) is 0 Å². The Kier molecular flexibility index (Phi) is 5.97. The third-order valence-corrected chi connectivity index (χ3v) is 3.16. The Morgan fingerprint density at radius 2 is 2.24 bits per heavy atom. The van der Waals surface area contributed by atoms with Gasteiger partial charge in [-0.05, 0) is 25.8 Å². The van der Waals surface area contributed by atoms with Gasteiger partial charge in [0.15, 0.2) is 0 Å². The Labute approximate surface area is 102 Å². The van der Waals surface area contributed by atoms with Crippen molar-refractivity contribution < 1.29 is 14.7 Å². The van der Waals surface area contributed by atoms with Crippen LogP contribution in [0.1, 0.15) is 39.0 Å². The Bertz CT molecular complexity index is 262. The van der Waals surface area contributed by atoms with Crippen molar-refractivity contribution >= 4 is 11.9 Å². The molecule has 1 fully saturated rings. The molecule has 0 spiro atoms. The van der Waals surface area contributed by atoms with E-state index >= 15 is 0 Å². The van der Waals surface area contributed by atoms with Crippen LogP contribution in [-0.4, -0.2) is 36.1 Å². The van der Waals surface area contributed by atoms with Gasteiger partial charge < -0.3 is 15.7 Å². The second kappa shape index (κ2) is 7.27. The van der Waals surface area contributed by atoms with Crippen molar-refractivity contribution in [1.29, 1.82) is 0 Å². The fourth-order valence-corrected chi connectivity index (χ4v) is 1.92. The summed E-state index contributed by atoms with van der Waals surface area (Å²) in [5, 5.41) is 14.7. The molecular formula is C12H22N2O3. The molecule has 0 aromatic rings. The first-order valence-corrected chi connectivity index (χ1v) is 6.32. The standard InChI is InChI=1S/C12H22N2O3/c1-9(12(16)17)8-14-11(15)6-5-10-4-2-3-7-13-10/h9-10,13H,2-8H2,1H3,(H,14,15)(H,16,17). The molecule has 1 amide bonds. The van der Waals surface area contributed by atoms with Crippen LogP contribution >= 0.6 is 0 Å². The summed E-state index contributed by atoms with van der Waals surface area (Å²) in [6.07, 6.45) is 4.91. The third kappa shape index (κ3) is 5.68. The van der Waals surface area contributed by atoms with Crippen LogP contribution in [0, 0.1) is 5.92 Å². The number of carboxylic acid groups (broad SMARTS) is 1. The molecule has 5 heteroatoms. The molecule has 1 heterocycles. The number of carbonyl (C=O) groups is 2. The summed E-state index contributed by atoms with van der Waals surface area (Å²) in [5.74, 6) is -1.45. The maximum absolute atomic E-state index is 11.5. The van der Waals surface area contributed by atoms with E-state index in [2.05, 4.69) is 10.6 Å². The lowest BCUT2D eigenvalue weighted by atomic mass is 10.0. The molecule has 0 aromatic carbocycles. The van der Waals surface area contributed by atoms with Crippen LogP contribution in [-0.2, 0) is 9.59 Å². The molecule has 0 radical (unpaired) electrons. The molecule has 1 rings (SSSR count). The molecule has 1 aliphatic heterocycles. The fourth-order valence-electron chi connectivity index (χ4n) is 1.92. The van der Waals surface area contributed by atoms with Crippen molar-refractivity contribution in [2.45, 2.75) is 45.1 Å². The zero-order valence-corrected chi connectivity index (χ0v) is 10.4. The van der Waals surface area contributed by atoms with Crippen molar-refractivity contribution in [2.75, 3.05) is 13.1 Å². The molecular weight excluding hydrogens is 220 g/mol. The van der Waals surface area contributed by atoms with Crippen LogP contribution < -0.4 is 10.6 Å². The van der Waals surface area contributed by atoms with Crippen LogP contribution in [0.3, 0.4) is 0 Å². The van der Waals surface area contributed by atoms with E-state index in [-0.39, 0.29) is 12.5 Å². The zero-order chi connectivity index (χ0) is 12.7. The largest absolute Gasteiger partial charge is 0.481 e. The van der Waals surface area contributed by atoms with Crippen LogP contribution in [0.25, 0.3) is 0 Å². The van der Waals surface area contributed by atoms with Gasteiger partial charge in [0, 0.05) is 19.0 Å². The number of amides is 1. The minimum absolute atomic E-state index is 0.0505. The predicted octanol–water partition coefficient (Wildman–Crippen LogP) is 0.746. The second-order valence-electron chi connectivity index (χ2n) is 4.73. The van der Waals surface area contributed by atoms with Crippen LogP contribution in [0.4, 0.5) is 0 Å². The number of rotatable bonds is 6. The first-order chi connectivity index (χ1) is 8.09. The fraction of sp³-hybridized carbons (Fsp3) is 0.833. The minimum Gasteiger partial charge on any atom is -0.481 e. The summed E-state index contributed by atoms with van der Waals surface area (Å²) < 4.78 is 0. The topological polar surface area (TPSA) is 78.4 Å². The van der Waals surface area contributed by atoms with Gasteiger partial charge in [-0.25, -0.2) is 0 Å². The minimum atomic E-state index is -0.876. The number of nitrogens with one attached hydrogen (secondary N) is 2. The first kappa shape index (κ1) is 14.0. The van der Waals surface area contributed by atoms with E-state index in [1.807, 2.05) is 0 Å². The van der Waals surface area contributed by atoms with Gasteiger partial charge in [0.2, 0.25) is 5.91 Å². The quantitative estimate of drug-likeness (QED) is 0.642. The molecule has 1 saturated heterocycles. The van der Waals surface area contributed by atoms with Gasteiger partial charge in [-0.3, -0.25) is 9.59 Å². The predicted molar refractivity (Wildman–Crippen MR) is 64.7 cm³/mol. The Morgan fingerprint density at radius 1 is 1.47 bits per heavy atom. The molecule has 2 atom stereocenters. The van der Waals surface area contributed by atoms with Crippen molar-refractivity contribution in [3.05, 3.63) is 0 Å². The van der Waals surface area contributed by atoms with Gasteiger partial charge in [-0.15, -0.1) is 0 Å². The number of carbonyl (C=O) groups excluding carboxylic acids is 1. The molecule has 5 nitrogen and oxygen atoms in total. The average Bonchev–Trinajstić information content (AvgIpc) is 2.34. The lowest BCUT2D eigenvalue weighted by Gasteiger charge is -2.23. The van der Waals surface area contributed by atoms with Crippen LogP contribution in [0.5, 0.6) is 0 Å². The highest BCUT2D eigenvalue weighted by molar-refractivity contribution is 5.77. The molecule has 1 aliphatic rings. The lowest BCUT2D eigenvalue weighted by Crippen LogP contribution is -2.36.